The third kappa shape index (κ3) is 3.05. The standard InChI is InChI=1S/C3H2O3S/c4-1-3(5)6-2-7/h1-2H. The van der Waals surface area contributed by atoms with Crippen molar-refractivity contribution >= 4 is 30.0 Å². The lowest BCUT2D eigenvalue weighted by Crippen LogP contribution is -2.01. The van der Waals surface area contributed by atoms with Gasteiger partial charge in [-0.1, -0.05) is 0 Å². The largest absolute Gasteiger partial charge is 0.417 e. The summed E-state index contributed by atoms with van der Waals surface area (Å²) in [6.07, 6.45) is 0.0444. The Morgan fingerprint density at radius 1 is 1.71 bits per heavy atom. The molecule has 0 unspecified atom stereocenters. The average Bonchev–Trinajstić information content (AvgIpc) is 1.68. The van der Waals surface area contributed by atoms with Crippen LogP contribution in [0.3, 0.4) is 0 Å². The summed E-state index contributed by atoms with van der Waals surface area (Å²) in [4.78, 5) is 19.1. The van der Waals surface area contributed by atoms with Gasteiger partial charge in [-0.2, -0.15) is 0 Å². The summed E-state index contributed by atoms with van der Waals surface area (Å²) in [5.74, 6) is -0.963. The zero-order valence-electron chi connectivity index (χ0n) is 3.29. The van der Waals surface area contributed by atoms with E-state index in [1.807, 2.05) is 0 Å². The number of thiocarbonyl (C=S) groups is 1. The molecule has 0 heterocycles. The number of hydrogen-bond donors (Lipinski definition) is 0. The van der Waals surface area contributed by atoms with Crippen LogP contribution >= 0.6 is 12.2 Å². The van der Waals surface area contributed by atoms with Crippen molar-refractivity contribution in [3.8, 4) is 0 Å². The van der Waals surface area contributed by atoms with E-state index in [0.717, 1.165) is 5.55 Å². The third-order valence-electron chi connectivity index (χ3n) is 0.260. The van der Waals surface area contributed by atoms with Gasteiger partial charge in [0.15, 0.2) is 5.55 Å². The molecular weight excluding hydrogens is 116 g/mol. The first-order chi connectivity index (χ1) is 3.31. The first kappa shape index (κ1) is 6.23. The lowest BCUT2D eigenvalue weighted by molar-refractivity contribution is -0.141. The van der Waals surface area contributed by atoms with Crippen LogP contribution in [0.2, 0.25) is 0 Å². The quantitative estimate of drug-likeness (QED) is 0.216. The molecule has 0 aromatic heterocycles. The third-order valence-corrected chi connectivity index (χ3v) is 0.357. The summed E-state index contributed by atoms with van der Waals surface area (Å²) < 4.78 is 3.87. The van der Waals surface area contributed by atoms with Crippen molar-refractivity contribution in [3.63, 3.8) is 0 Å². The minimum atomic E-state index is -0.963. The summed E-state index contributed by atoms with van der Waals surface area (Å²) in [5, 5.41) is 0. The fourth-order valence-electron chi connectivity index (χ4n) is 0.0752. The van der Waals surface area contributed by atoms with Crippen molar-refractivity contribution in [1.29, 1.82) is 0 Å². The Morgan fingerprint density at radius 3 is 2.43 bits per heavy atom. The van der Waals surface area contributed by atoms with E-state index in [-0.39, 0.29) is 6.29 Å². The van der Waals surface area contributed by atoms with E-state index < -0.39 is 5.97 Å². The molecule has 0 spiro atoms. The minimum absolute atomic E-state index is 0.0444. The molecule has 0 aliphatic carbocycles. The van der Waals surface area contributed by atoms with Crippen molar-refractivity contribution in [2.24, 2.45) is 0 Å². The topological polar surface area (TPSA) is 43.4 Å². The van der Waals surface area contributed by atoms with E-state index in [1.54, 1.807) is 0 Å². The highest BCUT2D eigenvalue weighted by Gasteiger charge is 1.91. The van der Waals surface area contributed by atoms with Crippen molar-refractivity contribution in [3.05, 3.63) is 0 Å². The molecule has 0 N–H and O–H groups in total. The predicted octanol–water partition coefficient (Wildman–Crippen LogP) is -0.314. The van der Waals surface area contributed by atoms with Crippen molar-refractivity contribution in [2.45, 2.75) is 0 Å². The Labute approximate surface area is 45.3 Å². The van der Waals surface area contributed by atoms with Gasteiger partial charge in [0.2, 0.25) is 6.29 Å². The Kier molecular flexibility index (Phi) is 3.04. The highest BCUT2D eigenvalue weighted by molar-refractivity contribution is 7.78. The molecule has 0 radical (unpaired) electrons. The van der Waals surface area contributed by atoms with E-state index in [2.05, 4.69) is 17.0 Å². The molecule has 0 bridgehead atoms. The van der Waals surface area contributed by atoms with Crippen LogP contribution in [-0.2, 0) is 14.3 Å². The van der Waals surface area contributed by atoms with Crippen LogP contribution in [0.5, 0.6) is 0 Å². The van der Waals surface area contributed by atoms with E-state index in [1.165, 1.54) is 0 Å². The molecule has 38 valence electrons. The molecule has 3 nitrogen and oxygen atoms in total. The van der Waals surface area contributed by atoms with Crippen LogP contribution in [0.4, 0.5) is 0 Å². The number of esters is 1. The van der Waals surface area contributed by atoms with Crippen LogP contribution in [0.15, 0.2) is 0 Å². The summed E-state index contributed by atoms with van der Waals surface area (Å²) in [6.45, 7) is 0. The van der Waals surface area contributed by atoms with E-state index in [4.69, 9.17) is 0 Å². The number of carbonyl (C=O) groups excluding carboxylic acids is 2. The Bertz CT molecular complexity index is 98.4. The normalized spacial score (nSPS) is 6.86. The average molecular weight is 118 g/mol. The van der Waals surface area contributed by atoms with Gasteiger partial charge in [0.05, 0.1) is 0 Å². The predicted molar refractivity (Wildman–Crippen MR) is 25.8 cm³/mol. The second kappa shape index (κ2) is 3.42. The Balaban J connectivity index is 3.36. The molecular formula is C3H2O3S. The van der Waals surface area contributed by atoms with Gasteiger partial charge in [-0.25, -0.2) is 4.79 Å². The molecule has 4 heteroatoms. The second-order valence-corrected chi connectivity index (χ2v) is 0.843. The van der Waals surface area contributed by atoms with Gasteiger partial charge in [-0.3, -0.25) is 4.79 Å². The molecule has 0 amide bonds. The number of ether oxygens (including phenoxy) is 1. The van der Waals surface area contributed by atoms with Crippen LogP contribution in [-0.4, -0.2) is 17.8 Å². The maximum atomic E-state index is 9.72. The molecule has 0 aromatic carbocycles. The summed E-state index contributed by atoms with van der Waals surface area (Å²) >= 11 is 4.07. The SMILES string of the molecule is O=CC(=O)OC=S. The molecule has 0 aromatic rings. The maximum Gasteiger partial charge on any atom is 0.376 e. The number of aldehydes is 1. The highest BCUT2D eigenvalue weighted by atomic mass is 32.1. The molecule has 0 atom stereocenters. The van der Waals surface area contributed by atoms with E-state index in [9.17, 15) is 9.59 Å². The fourth-order valence-corrected chi connectivity index (χ4v) is 0.170. The molecule has 0 fully saturated rings. The van der Waals surface area contributed by atoms with Gasteiger partial charge in [0, 0.05) is 0 Å². The smallest absolute Gasteiger partial charge is 0.376 e. The maximum absolute atomic E-state index is 9.72. The second-order valence-electron chi connectivity index (χ2n) is 0.651. The van der Waals surface area contributed by atoms with Gasteiger partial charge >= 0.3 is 5.97 Å². The first-order valence-electron chi connectivity index (χ1n) is 1.40. The fraction of sp³-hybridized carbons (Fsp3) is 0. The lowest BCUT2D eigenvalue weighted by Gasteiger charge is -1.80. The number of rotatable bonds is 2. The highest BCUT2D eigenvalue weighted by Crippen LogP contribution is 1.63. The van der Waals surface area contributed by atoms with Crippen molar-refractivity contribution in [1.82, 2.24) is 0 Å². The zero-order chi connectivity index (χ0) is 5.70. The van der Waals surface area contributed by atoms with Crippen LogP contribution < -0.4 is 0 Å². The molecule has 0 saturated carbocycles. The van der Waals surface area contributed by atoms with Gasteiger partial charge in [0.1, 0.15) is 0 Å². The summed E-state index contributed by atoms with van der Waals surface area (Å²) in [6, 6.07) is 0. The Morgan fingerprint density at radius 2 is 2.29 bits per heavy atom. The molecule has 0 aliphatic rings. The number of carbonyl (C=O) groups is 2. The van der Waals surface area contributed by atoms with E-state index >= 15 is 0 Å². The van der Waals surface area contributed by atoms with Crippen molar-refractivity contribution < 1.29 is 14.3 Å². The molecule has 7 heavy (non-hydrogen) atoms. The molecule has 0 aliphatic heterocycles. The van der Waals surface area contributed by atoms with Gasteiger partial charge in [-0.05, 0) is 12.2 Å². The van der Waals surface area contributed by atoms with Crippen molar-refractivity contribution in [2.75, 3.05) is 0 Å². The van der Waals surface area contributed by atoms with Gasteiger partial charge in [-0.15, -0.1) is 0 Å². The lowest BCUT2D eigenvalue weighted by atomic mass is 10.8. The van der Waals surface area contributed by atoms with Crippen LogP contribution in [0.25, 0.3) is 0 Å². The van der Waals surface area contributed by atoms with Gasteiger partial charge in [0.25, 0.3) is 0 Å². The van der Waals surface area contributed by atoms with Crippen LogP contribution in [0, 0.1) is 0 Å². The molecule has 0 saturated heterocycles. The Hall–Kier alpha value is -0.770. The monoisotopic (exact) mass is 118 g/mol. The van der Waals surface area contributed by atoms with Crippen LogP contribution in [0.1, 0.15) is 0 Å². The first-order valence-corrected chi connectivity index (χ1v) is 1.88. The zero-order valence-corrected chi connectivity index (χ0v) is 4.10. The number of hydrogen-bond acceptors (Lipinski definition) is 4. The summed E-state index contributed by atoms with van der Waals surface area (Å²) in [7, 11) is 0. The van der Waals surface area contributed by atoms with E-state index in [0.29, 0.717) is 0 Å². The molecule has 0 rings (SSSR count). The summed E-state index contributed by atoms with van der Waals surface area (Å²) in [5.41, 5.74) is 0.733. The van der Waals surface area contributed by atoms with Gasteiger partial charge < -0.3 is 4.74 Å². The minimum Gasteiger partial charge on any atom is -0.417 e.